The fraction of sp³-hybridized carbons (Fsp3) is 0.0909. The van der Waals surface area contributed by atoms with E-state index in [4.69, 9.17) is 4.42 Å². The molecule has 1 heterocycles. The molecule has 0 saturated carbocycles. The number of hydrogen-bond donors (Lipinski definition) is 2. The molecule has 2 rings (SSSR count). The van der Waals surface area contributed by atoms with Crippen molar-refractivity contribution in [1.29, 1.82) is 0 Å². The molecular weight excluding hydrogens is 258 g/mol. The molecule has 1 aromatic carbocycles. The van der Waals surface area contributed by atoms with Gasteiger partial charge in [0.05, 0.1) is 6.54 Å². The van der Waals surface area contributed by atoms with Crippen LogP contribution in [-0.2, 0) is 6.54 Å². The van der Waals surface area contributed by atoms with Crippen LogP contribution >= 0.6 is 15.9 Å². The number of rotatable bonds is 3. The van der Waals surface area contributed by atoms with Gasteiger partial charge in [-0.25, -0.2) is 0 Å². The third-order valence-electron chi connectivity index (χ3n) is 1.94. The van der Waals surface area contributed by atoms with E-state index in [1.807, 2.05) is 18.2 Å². The van der Waals surface area contributed by atoms with Crippen molar-refractivity contribution in [1.82, 2.24) is 0 Å². The first kappa shape index (κ1) is 10.1. The minimum Gasteiger partial charge on any atom is -0.508 e. The molecule has 15 heavy (non-hydrogen) atoms. The minimum absolute atomic E-state index is 0.251. The third kappa shape index (κ3) is 2.76. The standard InChI is InChI=1S/C11H10BrNO2/c12-11-5-4-10(15-11)7-13-8-2-1-3-9(14)6-8/h1-6,13-14H,7H2. The number of furan rings is 1. The Balaban J connectivity index is 1.99. The van der Waals surface area contributed by atoms with Crippen LogP contribution in [0.5, 0.6) is 5.75 Å². The third-order valence-corrected chi connectivity index (χ3v) is 2.37. The van der Waals surface area contributed by atoms with E-state index in [0.717, 1.165) is 16.1 Å². The van der Waals surface area contributed by atoms with Crippen molar-refractivity contribution in [2.45, 2.75) is 6.54 Å². The normalized spacial score (nSPS) is 10.2. The monoisotopic (exact) mass is 267 g/mol. The van der Waals surface area contributed by atoms with Gasteiger partial charge in [-0.3, -0.25) is 0 Å². The number of nitrogens with one attached hydrogen (secondary N) is 1. The Hall–Kier alpha value is -1.42. The quantitative estimate of drug-likeness (QED) is 0.897. The first-order valence-corrected chi connectivity index (χ1v) is 5.30. The summed E-state index contributed by atoms with van der Waals surface area (Å²) in [7, 11) is 0. The van der Waals surface area contributed by atoms with Gasteiger partial charge in [-0.05, 0) is 40.2 Å². The van der Waals surface area contributed by atoms with E-state index in [1.54, 1.807) is 18.2 Å². The number of aromatic hydroxyl groups is 1. The Bertz CT molecular complexity index is 453. The molecule has 0 aliphatic rings. The number of phenols is 1. The maximum atomic E-state index is 9.24. The first-order valence-electron chi connectivity index (χ1n) is 4.51. The second kappa shape index (κ2) is 4.40. The second-order valence-corrected chi connectivity index (χ2v) is 3.89. The maximum absolute atomic E-state index is 9.24. The van der Waals surface area contributed by atoms with Crippen molar-refractivity contribution in [3.8, 4) is 5.75 Å². The van der Waals surface area contributed by atoms with Crippen molar-refractivity contribution in [2.24, 2.45) is 0 Å². The number of halogens is 1. The highest BCUT2D eigenvalue weighted by molar-refractivity contribution is 9.10. The van der Waals surface area contributed by atoms with Gasteiger partial charge in [0.1, 0.15) is 11.5 Å². The lowest BCUT2D eigenvalue weighted by molar-refractivity contribution is 0.475. The van der Waals surface area contributed by atoms with Gasteiger partial charge in [-0.1, -0.05) is 6.07 Å². The molecule has 0 unspecified atom stereocenters. The molecule has 0 bridgehead atoms. The van der Waals surface area contributed by atoms with Gasteiger partial charge in [0, 0.05) is 11.8 Å². The molecule has 0 radical (unpaired) electrons. The average molecular weight is 268 g/mol. The summed E-state index contributed by atoms with van der Waals surface area (Å²) >= 11 is 3.24. The van der Waals surface area contributed by atoms with Gasteiger partial charge in [-0.2, -0.15) is 0 Å². The molecule has 4 heteroatoms. The predicted octanol–water partition coefficient (Wildman–Crippen LogP) is 3.36. The summed E-state index contributed by atoms with van der Waals surface area (Å²) < 4.78 is 6.04. The summed E-state index contributed by atoms with van der Waals surface area (Å²) in [6, 6.07) is 10.7. The van der Waals surface area contributed by atoms with Crippen LogP contribution < -0.4 is 5.32 Å². The molecule has 2 N–H and O–H groups in total. The minimum atomic E-state index is 0.251. The molecule has 78 valence electrons. The van der Waals surface area contributed by atoms with Gasteiger partial charge in [0.25, 0.3) is 0 Å². The molecular formula is C11H10BrNO2. The van der Waals surface area contributed by atoms with E-state index >= 15 is 0 Å². The number of phenolic OH excluding ortho intramolecular Hbond substituents is 1. The summed E-state index contributed by atoms with van der Waals surface area (Å²) in [4.78, 5) is 0. The van der Waals surface area contributed by atoms with E-state index < -0.39 is 0 Å². The predicted molar refractivity (Wildman–Crippen MR) is 61.8 cm³/mol. The Labute approximate surface area is 95.9 Å². The molecule has 0 atom stereocenters. The molecule has 0 spiro atoms. The summed E-state index contributed by atoms with van der Waals surface area (Å²) in [5.41, 5.74) is 0.863. The molecule has 0 amide bonds. The van der Waals surface area contributed by atoms with Crippen molar-refractivity contribution in [2.75, 3.05) is 5.32 Å². The van der Waals surface area contributed by atoms with Crippen LogP contribution in [0.3, 0.4) is 0 Å². The number of hydrogen-bond acceptors (Lipinski definition) is 3. The van der Waals surface area contributed by atoms with Gasteiger partial charge in [-0.15, -0.1) is 0 Å². The van der Waals surface area contributed by atoms with Crippen LogP contribution in [0.2, 0.25) is 0 Å². The van der Waals surface area contributed by atoms with E-state index in [2.05, 4.69) is 21.2 Å². The second-order valence-electron chi connectivity index (χ2n) is 3.11. The van der Waals surface area contributed by atoms with Crippen molar-refractivity contribution < 1.29 is 9.52 Å². The van der Waals surface area contributed by atoms with E-state index in [1.165, 1.54) is 0 Å². The van der Waals surface area contributed by atoms with Crippen LogP contribution in [0.4, 0.5) is 5.69 Å². The molecule has 0 saturated heterocycles. The molecule has 0 aliphatic carbocycles. The highest BCUT2D eigenvalue weighted by atomic mass is 79.9. The van der Waals surface area contributed by atoms with Crippen LogP contribution in [0.1, 0.15) is 5.76 Å². The van der Waals surface area contributed by atoms with Crippen molar-refractivity contribution in [3.05, 3.63) is 46.8 Å². The average Bonchev–Trinajstić information content (AvgIpc) is 2.62. The molecule has 2 aromatic rings. The SMILES string of the molecule is Oc1cccc(NCc2ccc(Br)o2)c1. The first-order chi connectivity index (χ1) is 7.24. The molecule has 3 nitrogen and oxygen atoms in total. The largest absolute Gasteiger partial charge is 0.508 e. The van der Waals surface area contributed by atoms with Gasteiger partial charge in [0.2, 0.25) is 0 Å². The zero-order valence-electron chi connectivity index (χ0n) is 7.90. The fourth-order valence-corrected chi connectivity index (χ4v) is 1.59. The lowest BCUT2D eigenvalue weighted by Gasteiger charge is -2.04. The Morgan fingerprint density at radius 3 is 2.80 bits per heavy atom. The van der Waals surface area contributed by atoms with Crippen LogP contribution in [0, 0.1) is 0 Å². The van der Waals surface area contributed by atoms with E-state index in [-0.39, 0.29) is 5.75 Å². The smallest absolute Gasteiger partial charge is 0.169 e. The fourth-order valence-electron chi connectivity index (χ4n) is 1.25. The summed E-state index contributed by atoms with van der Waals surface area (Å²) in [6.07, 6.45) is 0. The van der Waals surface area contributed by atoms with E-state index in [9.17, 15) is 5.11 Å². The highest BCUT2D eigenvalue weighted by Crippen LogP contribution is 2.18. The Morgan fingerprint density at radius 1 is 1.27 bits per heavy atom. The lowest BCUT2D eigenvalue weighted by atomic mass is 10.3. The Kier molecular flexibility index (Phi) is 2.97. The molecule has 0 aliphatic heterocycles. The highest BCUT2D eigenvalue weighted by Gasteiger charge is 1.99. The van der Waals surface area contributed by atoms with Crippen LogP contribution in [-0.4, -0.2) is 5.11 Å². The van der Waals surface area contributed by atoms with Gasteiger partial charge < -0.3 is 14.8 Å². The summed E-state index contributed by atoms with van der Waals surface area (Å²) in [6.45, 7) is 0.592. The van der Waals surface area contributed by atoms with Crippen molar-refractivity contribution in [3.63, 3.8) is 0 Å². The van der Waals surface area contributed by atoms with Crippen molar-refractivity contribution >= 4 is 21.6 Å². The van der Waals surface area contributed by atoms with E-state index in [0.29, 0.717) is 6.54 Å². The molecule has 0 fully saturated rings. The zero-order valence-corrected chi connectivity index (χ0v) is 9.49. The number of anilines is 1. The van der Waals surface area contributed by atoms with Crippen LogP contribution in [0.25, 0.3) is 0 Å². The Morgan fingerprint density at radius 2 is 2.13 bits per heavy atom. The summed E-state index contributed by atoms with van der Waals surface area (Å²) in [5.74, 6) is 1.09. The molecule has 1 aromatic heterocycles. The lowest BCUT2D eigenvalue weighted by Crippen LogP contribution is -1.97. The van der Waals surface area contributed by atoms with Gasteiger partial charge >= 0.3 is 0 Å². The maximum Gasteiger partial charge on any atom is 0.169 e. The van der Waals surface area contributed by atoms with Crippen LogP contribution in [0.15, 0.2) is 45.5 Å². The topological polar surface area (TPSA) is 45.4 Å². The van der Waals surface area contributed by atoms with Gasteiger partial charge in [0.15, 0.2) is 4.67 Å². The summed E-state index contributed by atoms with van der Waals surface area (Å²) in [5, 5.41) is 12.4. The zero-order chi connectivity index (χ0) is 10.7. The number of benzene rings is 1.